The van der Waals surface area contributed by atoms with Crippen molar-refractivity contribution in [3.05, 3.63) is 70.8 Å². The molecule has 2 aromatic carbocycles. The fourth-order valence-electron chi connectivity index (χ4n) is 2.44. The topological polar surface area (TPSA) is 101 Å². The molecular formula is C17H13ClFN3O4S. The summed E-state index contributed by atoms with van der Waals surface area (Å²) in [5.74, 6) is -2.20. The lowest BCUT2D eigenvalue weighted by Crippen LogP contribution is -2.15. The van der Waals surface area contributed by atoms with Crippen LogP contribution in [-0.2, 0) is 10.0 Å². The largest absolute Gasteiger partial charge is 0.478 e. The highest BCUT2D eigenvalue weighted by Gasteiger charge is 2.23. The molecule has 3 rings (SSSR count). The molecule has 3 aromatic rings. The van der Waals surface area contributed by atoms with Gasteiger partial charge >= 0.3 is 5.97 Å². The summed E-state index contributed by atoms with van der Waals surface area (Å²) in [6.45, 7) is 1.54. The molecule has 10 heteroatoms. The summed E-state index contributed by atoms with van der Waals surface area (Å²) in [5, 5.41) is 13.6. The summed E-state index contributed by atoms with van der Waals surface area (Å²) in [6.07, 6.45) is 1.13. The zero-order valence-electron chi connectivity index (χ0n) is 13.8. The van der Waals surface area contributed by atoms with Crippen molar-refractivity contribution in [2.24, 2.45) is 0 Å². The van der Waals surface area contributed by atoms with Gasteiger partial charge in [-0.25, -0.2) is 22.3 Å². The van der Waals surface area contributed by atoms with E-state index in [1.807, 2.05) is 0 Å². The van der Waals surface area contributed by atoms with E-state index in [-0.39, 0.29) is 10.5 Å². The van der Waals surface area contributed by atoms with Crippen LogP contribution in [0.4, 0.5) is 10.1 Å². The maximum absolute atomic E-state index is 13.9. The van der Waals surface area contributed by atoms with Gasteiger partial charge in [0.1, 0.15) is 10.7 Å². The Bertz CT molecular complexity index is 1130. The van der Waals surface area contributed by atoms with Crippen molar-refractivity contribution in [1.29, 1.82) is 0 Å². The van der Waals surface area contributed by atoms with Crippen molar-refractivity contribution < 1.29 is 22.7 Å². The number of benzene rings is 2. The van der Waals surface area contributed by atoms with Crippen LogP contribution >= 0.6 is 11.6 Å². The molecule has 0 spiro atoms. The van der Waals surface area contributed by atoms with Crippen LogP contribution in [0, 0.1) is 12.7 Å². The Morgan fingerprint density at radius 3 is 2.52 bits per heavy atom. The maximum atomic E-state index is 13.9. The van der Waals surface area contributed by atoms with E-state index in [0.717, 1.165) is 24.4 Å². The number of nitrogens with one attached hydrogen (secondary N) is 1. The van der Waals surface area contributed by atoms with Gasteiger partial charge in [0.2, 0.25) is 0 Å². The molecule has 0 aliphatic carbocycles. The standard InChI is InChI=1S/C17H13ClFN3O4S/c1-10-16(9-20-22(10)13-5-3-12(18)4-6-13)27(25,26)21-15-8-11(17(23)24)2-7-14(15)19/h2-9,21H,1H3,(H,23,24). The molecule has 0 fully saturated rings. The minimum Gasteiger partial charge on any atom is -0.478 e. The maximum Gasteiger partial charge on any atom is 0.335 e. The van der Waals surface area contributed by atoms with Crippen LogP contribution in [0.25, 0.3) is 5.69 Å². The number of hydrogen-bond donors (Lipinski definition) is 2. The third-order valence-electron chi connectivity index (χ3n) is 3.78. The Kier molecular flexibility index (Phi) is 4.90. The number of carboxylic acids is 1. The van der Waals surface area contributed by atoms with Gasteiger partial charge in [0.25, 0.3) is 10.0 Å². The van der Waals surface area contributed by atoms with E-state index in [4.69, 9.17) is 16.7 Å². The molecule has 27 heavy (non-hydrogen) atoms. The average molecular weight is 410 g/mol. The van der Waals surface area contributed by atoms with Crippen LogP contribution < -0.4 is 4.72 Å². The number of hydrogen-bond acceptors (Lipinski definition) is 4. The summed E-state index contributed by atoms with van der Waals surface area (Å²) in [4.78, 5) is 10.8. The molecule has 0 bridgehead atoms. The first kappa shape index (κ1) is 18.9. The van der Waals surface area contributed by atoms with Crippen molar-refractivity contribution in [2.45, 2.75) is 11.8 Å². The van der Waals surface area contributed by atoms with Crippen molar-refractivity contribution in [1.82, 2.24) is 9.78 Å². The molecule has 140 valence electrons. The SMILES string of the molecule is Cc1c(S(=O)(=O)Nc2cc(C(=O)O)ccc2F)cnn1-c1ccc(Cl)cc1. The van der Waals surface area contributed by atoms with Gasteiger partial charge in [0.05, 0.1) is 28.8 Å². The van der Waals surface area contributed by atoms with Crippen molar-refractivity contribution >= 4 is 33.3 Å². The fraction of sp³-hybridized carbons (Fsp3) is 0.0588. The Labute approximate surface area is 159 Å². The van der Waals surface area contributed by atoms with Gasteiger partial charge in [-0.1, -0.05) is 11.6 Å². The number of sulfonamides is 1. The third kappa shape index (κ3) is 3.79. The summed E-state index contributed by atoms with van der Waals surface area (Å²) < 4.78 is 42.7. The molecule has 0 amide bonds. The summed E-state index contributed by atoms with van der Waals surface area (Å²) in [7, 11) is -4.20. The van der Waals surface area contributed by atoms with Crippen molar-refractivity contribution in [3.63, 3.8) is 0 Å². The number of rotatable bonds is 5. The van der Waals surface area contributed by atoms with E-state index >= 15 is 0 Å². The van der Waals surface area contributed by atoms with Crippen LogP contribution in [0.1, 0.15) is 16.1 Å². The van der Waals surface area contributed by atoms with E-state index in [2.05, 4.69) is 9.82 Å². The lowest BCUT2D eigenvalue weighted by atomic mass is 10.2. The zero-order chi connectivity index (χ0) is 19.8. The monoisotopic (exact) mass is 409 g/mol. The van der Waals surface area contributed by atoms with Crippen LogP contribution in [0.5, 0.6) is 0 Å². The Morgan fingerprint density at radius 2 is 1.89 bits per heavy atom. The molecule has 0 atom stereocenters. The number of carboxylic acid groups (broad SMARTS) is 1. The average Bonchev–Trinajstić information content (AvgIpc) is 2.99. The molecule has 2 N–H and O–H groups in total. The van der Waals surface area contributed by atoms with Crippen LogP contribution in [0.2, 0.25) is 5.02 Å². The summed E-state index contributed by atoms with van der Waals surface area (Å²) >= 11 is 5.84. The normalized spacial score (nSPS) is 11.4. The van der Waals surface area contributed by atoms with Crippen LogP contribution in [0.3, 0.4) is 0 Å². The van der Waals surface area contributed by atoms with Gasteiger partial charge in [0.15, 0.2) is 0 Å². The quantitative estimate of drug-likeness (QED) is 0.671. The highest BCUT2D eigenvalue weighted by atomic mass is 35.5. The Balaban J connectivity index is 1.98. The van der Waals surface area contributed by atoms with Gasteiger partial charge in [-0.15, -0.1) is 0 Å². The molecule has 1 aromatic heterocycles. The van der Waals surface area contributed by atoms with Gasteiger partial charge in [0, 0.05) is 5.02 Å². The predicted octanol–water partition coefficient (Wildman–Crippen LogP) is 3.47. The van der Waals surface area contributed by atoms with Crippen LogP contribution in [-0.4, -0.2) is 29.3 Å². The molecule has 0 saturated heterocycles. The second-order valence-electron chi connectivity index (χ2n) is 5.59. The highest BCUT2D eigenvalue weighted by Crippen LogP contribution is 2.24. The molecule has 0 aliphatic rings. The molecule has 0 unspecified atom stereocenters. The first-order valence-electron chi connectivity index (χ1n) is 7.55. The third-order valence-corrected chi connectivity index (χ3v) is 5.50. The van der Waals surface area contributed by atoms with Crippen molar-refractivity contribution in [3.8, 4) is 5.69 Å². The predicted molar refractivity (Wildman–Crippen MR) is 97.5 cm³/mol. The molecule has 0 radical (unpaired) electrons. The first-order chi connectivity index (χ1) is 12.7. The van der Waals surface area contributed by atoms with Gasteiger partial charge < -0.3 is 5.11 Å². The van der Waals surface area contributed by atoms with Gasteiger partial charge in [-0.05, 0) is 49.4 Å². The minimum atomic E-state index is -4.20. The lowest BCUT2D eigenvalue weighted by Gasteiger charge is -2.10. The van der Waals surface area contributed by atoms with Gasteiger partial charge in [-0.2, -0.15) is 5.10 Å². The number of halogens is 2. The van der Waals surface area contributed by atoms with E-state index in [9.17, 15) is 17.6 Å². The fourth-order valence-corrected chi connectivity index (χ4v) is 3.78. The minimum absolute atomic E-state index is 0.169. The number of aromatic carboxylic acids is 1. The van der Waals surface area contributed by atoms with E-state index < -0.39 is 27.5 Å². The lowest BCUT2D eigenvalue weighted by molar-refractivity contribution is 0.0697. The molecule has 7 nitrogen and oxygen atoms in total. The molecule has 1 heterocycles. The number of anilines is 1. The summed E-state index contributed by atoms with van der Waals surface area (Å²) in [6, 6.07) is 9.44. The smallest absolute Gasteiger partial charge is 0.335 e. The molecule has 0 aliphatic heterocycles. The number of nitrogens with zero attached hydrogens (tertiary/aromatic N) is 2. The van der Waals surface area contributed by atoms with E-state index in [1.54, 1.807) is 31.2 Å². The number of carbonyl (C=O) groups is 1. The van der Waals surface area contributed by atoms with Crippen LogP contribution in [0.15, 0.2) is 53.6 Å². The Morgan fingerprint density at radius 1 is 1.22 bits per heavy atom. The number of aromatic nitrogens is 2. The summed E-state index contributed by atoms with van der Waals surface area (Å²) in [5.41, 5.74) is 0.174. The zero-order valence-corrected chi connectivity index (χ0v) is 15.4. The van der Waals surface area contributed by atoms with Crippen molar-refractivity contribution in [2.75, 3.05) is 4.72 Å². The first-order valence-corrected chi connectivity index (χ1v) is 9.41. The molecule has 0 saturated carbocycles. The van der Waals surface area contributed by atoms with E-state index in [1.165, 1.54) is 4.68 Å². The second-order valence-corrected chi connectivity index (χ2v) is 7.67. The highest BCUT2D eigenvalue weighted by molar-refractivity contribution is 7.92. The second kappa shape index (κ2) is 7.01. The molecular weight excluding hydrogens is 397 g/mol. The Hall–Kier alpha value is -2.91. The van der Waals surface area contributed by atoms with Gasteiger partial charge in [-0.3, -0.25) is 4.72 Å². The van der Waals surface area contributed by atoms with E-state index in [0.29, 0.717) is 16.4 Å².